The second-order valence-corrected chi connectivity index (χ2v) is 4.13. The molecule has 0 aromatic rings. The minimum atomic E-state index is -1.56. The molecular formula is C9H12N4O6. The molecule has 2 heterocycles. The smallest absolute Gasteiger partial charge is 0.323 e. The summed E-state index contributed by atoms with van der Waals surface area (Å²) in [7, 11) is 0. The molecule has 10 heteroatoms. The Labute approximate surface area is 107 Å². The van der Waals surface area contributed by atoms with E-state index in [1.807, 2.05) is 0 Å². The minimum Gasteiger partial charge on any atom is -0.480 e. The Morgan fingerprint density at radius 3 is 1.68 bits per heavy atom. The van der Waals surface area contributed by atoms with Gasteiger partial charge in [-0.15, -0.1) is 0 Å². The molecule has 2 aliphatic rings. The molecule has 2 rings (SSSR count). The number of carbonyl (C=O) groups is 4. The van der Waals surface area contributed by atoms with Crippen LogP contribution in [0, 0.1) is 0 Å². The molecule has 2 saturated heterocycles. The number of carbonyl (C=O) groups excluding carboxylic acids is 2. The van der Waals surface area contributed by atoms with Crippen LogP contribution in [0.2, 0.25) is 0 Å². The summed E-state index contributed by atoms with van der Waals surface area (Å²) in [5.41, 5.74) is 0. The Morgan fingerprint density at radius 1 is 1.00 bits per heavy atom. The maximum atomic E-state index is 11.7. The quantitative estimate of drug-likeness (QED) is 0.416. The lowest BCUT2D eigenvalue weighted by atomic mass is 10.4. The molecule has 0 unspecified atom stereocenters. The summed E-state index contributed by atoms with van der Waals surface area (Å²) in [6.45, 7) is -1.63. The lowest BCUT2D eigenvalue weighted by Gasteiger charge is -2.39. The van der Waals surface area contributed by atoms with E-state index in [-0.39, 0.29) is 13.1 Å². The van der Waals surface area contributed by atoms with Crippen molar-refractivity contribution in [2.24, 2.45) is 0 Å². The number of carboxylic acid groups (broad SMARTS) is 2. The molecule has 2 amide bonds. The fraction of sp³-hybridized carbons (Fsp3) is 0.556. The van der Waals surface area contributed by atoms with E-state index < -0.39 is 42.8 Å². The lowest BCUT2D eigenvalue weighted by Crippen LogP contribution is -2.69. The summed E-state index contributed by atoms with van der Waals surface area (Å²) in [6, 6.07) is 0. The molecule has 0 aromatic carbocycles. The van der Waals surface area contributed by atoms with Crippen molar-refractivity contribution in [3.8, 4) is 0 Å². The normalized spacial score (nSPS) is 21.5. The highest BCUT2D eigenvalue weighted by Gasteiger charge is 2.56. The molecule has 2 fully saturated rings. The first-order valence-electron chi connectivity index (χ1n) is 5.41. The van der Waals surface area contributed by atoms with E-state index in [0.717, 1.165) is 9.80 Å². The van der Waals surface area contributed by atoms with E-state index in [1.165, 1.54) is 0 Å². The van der Waals surface area contributed by atoms with Crippen molar-refractivity contribution < 1.29 is 29.4 Å². The molecule has 0 bridgehead atoms. The predicted octanol–water partition coefficient (Wildman–Crippen LogP) is -3.37. The van der Waals surface area contributed by atoms with E-state index in [1.54, 1.807) is 0 Å². The molecule has 104 valence electrons. The van der Waals surface area contributed by atoms with E-state index in [0.29, 0.717) is 0 Å². The number of hydrogen-bond acceptors (Lipinski definition) is 6. The highest BCUT2D eigenvalue weighted by atomic mass is 16.4. The zero-order valence-corrected chi connectivity index (χ0v) is 9.75. The summed E-state index contributed by atoms with van der Waals surface area (Å²) in [6.07, 6.45) is 0. The van der Waals surface area contributed by atoms with Crippen molar-refractivity contribution in [3.63, 3.8) is 0 Å². The van der Waals surface area contributed by atoms with E-state index in [9.17, 15) is 19.2 Å². The van der Waals surface area contributed by atoms with Crippen LogP contribution >= 0.6 is 0 Å². The number of aliphatic carboxylic acids is 2. The van der Waals surface area contributed by atoms with Crippen molar-refractivity contribution in [1.29, 1.82) is 0 Å². The van der Waals surface area contributed by atoms with Crippen LogP contribution in [0.5, 0.6) is 0 Å². The summed E-state index contributed by atoms with van der Waals surface area (Å²) in [4.78, 5) is 46.7. The zero-order chi connectivity index (χ0) is 14.2. The van der Waals surface area contributed by atoms with E-state index in [4.69, 9.17) is 10.2 Å². The first kappa shape index (κ1) is 13.2. The number of rotatable bonds is 4. The van der Waals surface area contributed by atoms with Crippen LogP contribution in [0.4, 0.5) is 0 Å². The molecule has 19 heavy (non-hydrogen) atoms. The lowest BCUT2D eigenvalue weighted by molar-refractivity contribution is -0.160. The van der Waals surface area contributed by atoms with Gasteiger partial charge < -0.3 is 10.2 Å². The van der Waals surface area contributed by atoms with Crippen LogP contribution < -0.4 is 10.6 Å². The van der Waals surface area contributed by atoms with Crippen LogP contribution in [-0.2, 0) is 19.2 Å². The molecule has 0 saturated carbocycles. The van der Waals surface area contributed by atoms with Gasteiger partial charge in [0.05, 0.1) is 13.1 Å². The Balaban J connectivity index is 2.32. The molecule has 10 nitrogen and oxygen atoms in total. The second-order valence-electron chi connectivity index (χ2n) is 4.13. The monoisotopic (exact) mass is 272 g/mol. The molecule has 4 N–H and O–H groups in total. The van der Waals surface area contributed by atoms with Crippen LogP contribution in [0.15, 0.2) is 0 Å². The van der Waals surface area contributed by atoms with E-state index in [2.05, 4.69) is 10.6 Å². The van der Waals surface area contributed by atoms with Crippen molar-refractivity contribution >= 4 is 23.8 Å². The maximum Gasteiger partial charge on any atom is 0.323 e. The van der Waals surface area contributed by atoms with Gasteiger partial charge in [-0.05, 0) is 0 Å². The maximum absolute atomic E-state index is 11.7. The Morgan fingerprint density at radius 2 is 1.37 bits per heavy atom. The summed E-state index contributed by atoms with van der Waals surface area (Å²) < 4.78 is 0. The van der Waals surface area contributed by atoms with Gasteiger partial charge in [-0.25, -0.2) is 0 Å². The predicted molar refractivity (Wildman–Crippen MR) is 57.4 cm³/mol. The van der Waals surface area contributed by atoms with Gasteiger partial charge in [0.1, 0.15) is 13.1 Å². The van der Waals surface area contributed by atoms with Gasteiger partial charge in [0.2, 0.25) is 17.7 Å². The SMILES string of the molecule is O=C(O)CN1C(=O)CNC12NCC(=O)N2CC(=O)O. The molecule has 0 atom stereocenters. The first-order chi connectivity index (χ1) is 8.86. The van der Waals surface area contributed by atoms with Crippen molar-refractivity contribution in [2.45, 2.75) is 5.91 Å². The van der Waals surface area contributed by atoms with Gasteiger partial charge >= 0.3 is 11.9 Å². The summed E-state index contributed by atoms with van der Waals surface area (Å²) in [5, 5.41) is 22.9. The molecular weight excluding hydrogens is 260 g/mol. The molecule has 1 spiro atoms. The van der Waals surface area contributed by atoms with E-state index >= 15 is 0 Å². The molecule has 2 aliphatic heterocycles. The minimum absolute atomic E-state index is 0.177. The molecule has 0 aromatic heterocycles. The number of nitrogens with zero attached hydrogens (tertiary/aromatic N) is 2. The Kier molecular flexibility index (Phi) is 3.12. The number of carboxylic acids is 2. The Hall–Kier alpha value is -2.20. The highest BCUT2D eigenvalue weighted by Crippen LogP contribution is 2.24. The fourth-order valence-corrected chi connectivity index (χ4v) is 2.22. The third kappa shape index (κ3) is 2.11. The van der Waals surface area contributed by atoms with Crippen LogP contribution in [0.1, 0.15) is 0 Å². The van der Waals surface area contributed by atoms with Gasteiger partial charge in [-0.3, -0.25) is 39.6 Å². The topological polar surface area (TPSA) is 139 Å². The van der Waals surface area contributed by atoms with Gasteiger partial charge in [0, 0.05) is 0 Å². The standard InChI is InChI=1S/C9H12N4O6/c14-5-1-10-9(12(5)3-7(16)17)11-2-6(15)13(9)4-8(18)19/h10-11H,1-4H2,(H,16,17)(H,18,19). The van der Waals surface area contributed by atoms with Crippen molar-refractivity contribution in [2.75, 3.05) is 26.2 Å². The summed E-state index contributed by atoms with van der Waals surface area (Å²) in [5.74, 6) is -5.13. The first-order valence-corrected chi connectivity index (χ1v) is 5.41. The number of hydrogen-bond donors (Lipinski definition) is 4. The van der Waals surface area contributed by atoms with Crippen LogP contribution in [0.25, 0.3) is 0 Å². The fourth-order valence-electron chi connectivity index (χ4n) is 2.22. The average molecular weight is 272 g/mol. The highest BCUT2D eigenvalue weighted by molar-refractivity contribution is 5.90. The van der Waals surface area contributed by atoms with Crippen LogP contribution in [-0.4, -0.2) is 75.9 Å². The number of amides is 2. The molecule has 0 aliphatic carbocycles. The number of nitrogens with one attached hydrogen (secondary N) is 2. The van der Waals surface area contributed by atoms with Crippen molar-refractivity contribution in [1.82, 2.24) is 20.4 Å². The van der Waals surface area contributed by atoms with Gasteiger partial charge in [-0.2, -0.15) is 0 Å². The third-order valence-electron chi connectivity index (χ3n) is 2.94. The second kappa shape index (κ2) is 4.48. The van der Waals surface area contributed by atoms with Crippen LogP contribution in [0.3, 0.4) is 0 Å². The third-order valence-corrected chi connectivity index (χ3v) is 2.94. The van der Waals surface area contributed by atoms with Gasteiger partial charge in [0.25, 0.3) is 0 Å². The largest absolute Gasteiger partial charge is 0.480 e. The van der Waals surface area contributed by atoms with Gasteiger partial charge in [-0.1, -0.05) is 0 Å². The average Bonchev–Trinajstić information content (AvgIpc) is 2.77. The van der Waals surface area contributed by atoms with Crippen molar-refractivity contribution in [3.05, 3.63) is 0 Å². The Bertz CT molecular complexity index is 422. The van der Waals surface area contributed by atoms with Gasteiger partial charge in [0.15, 0.2) is 0 Å². The zero-order valence-electron chi connectivity index (χ0n) is 9.75. The molecule has 0 radical (unpaired) electrons. The summed E-state index contributed by atoms with van der Waals surface area (Å²) >= 11 is 0.